The number of nitrogens with two attached hydrogens (primary N) is 2. The molecule has 70 valence electrons. The fraction of sp³-hybridized carbons (Fsp3) is 0.125. The van der Waals surface area contributed by atoms with Gasteiger partial charge in [0.15, 0.2) is 5.96 Å². The van der Waals surface area contributed by atoms with Gasteiger partial charge in [-0.15, -0.1) is 0 Å². The second-order valence-corrected chi connectivity index (χ2v) is 3.44. The molecule has 1 aromatic rings. The number of guanidine groups is 1. The van der Waals surface area contributed by atoms with Gasteiger partial charge in [0.2, 0.25) is 0 Å². The van der Waals surface area contributed by atoms with Gasteiger partial charge in [-0.3, -0.25) is 0 Å². The molecule has 4 N–H and O–H groups in total. The van der Waals surface area contributed by atoms with Crippen molar-refractivity contribution in [3.05, 3.63) is 28.0 Å². The predicted molar refractivity (Wildman–Crippen MR) is 54.3 cm³/mol. The van der Waals surface area contributed by atoms with Crippen molar-refractivity contribution in [1.82, 2.24) is 0 Å². The van der Waals surface area contributed by atoms with Gasteiger partial charge in [0.1, 0.15) is 5.82 Å². The first-order valence-electron chi connectivity index (χ1n) is 3.56. The molecule has 1 aromatic carbocycles. The van der Waals surface area contributed by atoms with Crippen LogP contribution in [0.25, 0.3) is 0 Å². The molecule has 0 bridgehead atoms. The molecule has 3 nitrogen and oxygen atoms in total. The Kier molecular flexibility index (Phi) is 2.87. The molecular weight excluding hydrogens is 237 g/mol. The molecule has 0 spiro atoms. The first-order valence-corrected chi connectivity index (χ1v) is 4.35. The zero-order valence-electron chi connectivity index (χ0n) is 7.01. The van der Waals surface area contributed by atoms with Crippen molar-refractivity contribution < 1.29 is 4.39 Å². The lowest BCUT2D eigenvalue weighted by Gasteiger charge is -2.02. The highest BCUT2D eigenvalue weighted by molar-refractivity contribution is 9.10. The zero-order chi connectivity index (χ0) is 10.0. The van der Waals surface area contributed by atoms with Crippen LogP contribution in [0, 0.1) is 12.7 Å². The molecule has 0 fully saturated rings. The summed E-state index contributed by atoms with van der Waals surface area (Å²) in [5.74, 6) is -0.367. The number of nitrogens with zero attached hydrogens (tertiary/aromatic N) is 1. The van der Waals surface area contributed by atoms with E-state index in [1.54, 1.807) is 6.92 Å². The molecule has 0 aromatic heterocycles. The molecule has 0 aliphatic rings. The molecule has 0 radical (unpaired) electrons. The van der Waals surface area contributed by atoms with Gasteiger partial charge in [-0.1, -0.05) is 0 Å². The minimum absolute atomic E-state index is 0.0402. The van der Waals surface area contributed by atoms with E-state index < -0.39 is 0 Å². The Balaban J connectivity index is 3.24. The Bertz CT molecular complexity index is 359. The normalized spacial score (nSPS) is 9.77. The van der Waals surface area contributed by atoms with Crippen molar-refractivity contribution in [3.63, 3.8) is 0 Å². The quantitative estimate of drug-likeness (QED) is 0.586. The predicted octanol–water partition coefficient (Wildman–Crippen LogP) is 1.80. The summed E-state index contributed by atoms with van der Waals surface area (Å²) in [5, 5.41) is 0. The van der Waals surface area contributed by atoms with E-state index in [9.17, 15) is 4.39 Å². The molecule has 0 saturated heterocycles. The third-order valence-electron chi connectivity index (χ3n) is 1.49. The molecule has 0 atom stereocenters. The Labute approximate surface area is 83.8 Å². The molecule has 0 unspecified atom stereocenters. The van der Waals surface area contributed by atoms with Gasteiger partial charge >= 0.3 is 0 Å². The van der Waals surface area contributed by atoms with Crippen LogP contribution in [0.3, 0.4) is 0 Å². The van der Waals surface area contributed by atoms with E-state index in [0.717, 1.165) is 0 Å². The maximum absolute atomic E-state index is 12.9. The topological polar surface area (TPSA) is 64.4 Å². The molecule has 13 heavy (non-hydrogen) atoms. The first kappa shape index (κ1) is 9.98. The monoisotopic (exact) mass is 245 g/mol. The number of hydrogen-bond acceptors (Lipinski definition) is 1. The summed E-state index contributed by atoms with van der Waals surface area (Å²) >= 11 is 3.04. The van der Waals surface area contributed by atoms with Gasteiger partial charge in [0.25, 0.3) is 0 Å². The van der Waals surface area contributed by atoms with Crippen molar-refractivity contribution >= 4 is 27.6 Å². The Morgan fingerprint density at radius 3 is 2.62 bits per heavy atom. The molecule has 5 heteroatoms. The summed E-state index contributed by atoms with van der Waals surface area (Å²) in [4.78, 5) is 3.84. The van der Waals surface area contributed by atoms with Crippen LogP contribution in [0.15, 0.2) is 21.6 Å². The van der Waals surface area contributed by atoms with Crippen LogP contribution < -0.4 is 11.5 Å². The van der Waals surface area contributed by atoms with E-state index in [-0.39, 0.29) is 11.8 Å². The van der Waals surface area contributed by atoms with Crippen LogP contribution in [-0.4, -0.2) is 5.96 Å². The summed E-state index contributed by atoms with van der Waals surface area (Å²) in [5.41, 5.74) is 11.7. The van der Waals surface area contributed by atoms with Crippen LogP contribution in [0.2, 0.25) is 0 Å². The Morgan fingerprint density at radius 2 is 2.08 bits per heavy atom. The maximum Gasteiger partial charge on any atom is 0.191 e. The Hall–Kier alpha value is -1.10. The molecule has 0 aliphatic carbocycles. The molecule has 0 aliphatic heterocycles. The van der Waals surface area contributed by atoms with Crippen molar-refractivity contribution in [2.45, 2.75) is 6.92 Å². The number of benzene rings is 1. The number of aryl methyl sites for hydroxylation is 1. The highest BCUT2D eigenvalue weighted by Gasteiger charge is 2.03. The van der Waals surface area contributed by atoms with E-state index >= 15 is 0 Å². The lowest BCUT2D eigenvalue weighted by molar-refractivity contribution is 0.620. The van der Waals surface area contributed by atoms with Crippen molar-refractivity contribution in [3.8, 4) is 0 Å². The molecule has 0 amide bonds. The molecular formula is C8H9BrFN3. The van der Waals surface area contributed by atoms with Gasteiger partial charge < -0.3 is 11.5 Å². The van der Waals surface area contributed by atoms with Gasteiger partial charge in [0, 0.05) is 0 Å². The van der Waals surface area contributed by atoms with Gasteiger partial charge in [-0.25, -0.2) is 9.38 Å². The van der Waals surface area contributed by atoms with Gasteiger partial charge in [0.05, 0.1) is 10.2 Å². The minimum Gasteiger partial charge on any atom is -0.370 e. The average Bonchev–Trinajstić information content (AvgIpc) is 1.99. The summed E-state index contributed by atoms with van der Waals surface area (Å²) in [6.07, 6.45) is 0. The van der Waals surface area contributed by atoms with Crippen LogP contribution in [0.1, 0.15) is 5.56 Å². The van der Waals surface area contributed by atoms with Crippen molar-refractivity contribution in [1.29, 1.82) is 0 Å². The highest BCUT2D eigenvalue weighted by Crippen LogP contribution is 2.26. The summed E-state index contributed by atoms with van der Waals surface area (Å²) < 4.78 is 13.3. The lowest BCUT2D eigenvalue weighted by atomic mass is 10.2. The number of hydrogen-bond donors (Lipinski definition) is 2. The van der Waals surface area contributed by atoms with Crippen LogP contribution in [0.5, 0.6) is 0 Å². The molecule has 0 saturated carbocycles. The highest BCUT2D eigenvalue weighted by atomic mass is 79.9. The van der Waals surface area contributed by atoms with Gasteiger partial charge in [-0.2, -0.15) is 0 Å². The third-order valence-corrected chi connectivity index (χ3v) is 2.10. The summed E-state index contributed by atoms with van der Waals surface area (Å²) in [6.45, 7) is 1.73. The van der Waals surface area contributed by atoms with E-state index in [1.165, 1.54) is 12.1 Å². The maximum atomic E-state index is 12.9. The fourth-order valence-corrected chi connectivity index (χ4v) is 1.23. The van der Waals surface area contributed by atoms with Crippen LogP contribution in [0.4, 0.5) is 10.1 Å². The summed E-state index contributed by atoms with van der Waals surface area (Å²) in [6, 6.07) is 2.90. The smallest absolute Gasteiger partial charge is 0.191 e. The van der Waals surface area contributed by atoms with Crippen molar-refractivity contribution in [2.24, 2.45) is 16.5 Å². The van der Waals surface area contributed by atoms with E-state index in [1.807, 2.05) is 0 Å². The number of aliphatic imine (C=N–C) groups is 1. The molecule has 1 rings (SSSR count). The SMILES string of the molecule is Cc1cc(F)c(Br)cc1N=C(N)N. The summed E-state index contributed by atoms with van der Waals surface area (Å²) in [7, 11) is 0. The van der Waals surface area contributed by atoms with E-state index in [2.05, 4.69) is 20.9 Å². The second-order valence-electron chi connectivity index (χ2n) is 2.59. The van der Waals surface area contributed by atoms with E-state index in [0.29, 0.717) is 15.7 Å². The lowest BCUT2D eigenvalue weighted by Crippen LogP contribution is -2.22. The van der Waals surface area contributed by atoms with Crippen molar-refractivity contribution in [2.75, 3.05) is 0 Å². The molecule has 0 heterocycles. The largest absolute Gasteiger partial charge is 0.370 e. The second kappa shape index (κ2) is 3.74. The minimum atomic E-state index is -0.327. The van der Waals surface area contributed by atoms with Crippen LogP contribution in [-0.2, 0) is 0 Å². The average molecular weight is 246 g/mol. The van der Waals surface area contributed by atoms with Crippen LogP contribution >= 0.6 is 15.9 Å². The third kappa shape index (κ3) is 2.42. The van der Waals surface area contributed by atoms with E-state index in [4.69, 9.17) is 11.5 Å². The number of halogens is 2. The van der Waals surface area contributed by atoms with Gasteiger partial charge in [-0.05, 0) is 40.5 Å². The number of rotatable bonds is 1. The fourth-order valence-electron chi connectivity index (χ4n) is 0.895. The first-order chi connectivity index (χ1) is 6.00. The zero-order valence-corrected chi connectivity index (χ0v) is 8.60. The Morgan fingerprint density at radius 1 is 1.46 bits per heavy atom. The standard InChI is InChI=1S/C8H9BrFN3/c1-4-2-6(10)5(9)3-7(4)13-8(11)12/h2-3H,1H3,(H4,11,12,13).